The molecule has 0 saturated heterocycles. The Morgan fingerprint density at radius 1 is 0.778 bits per heavy atom. The molecule has 0 fully saturated rings. The van der Waals surface area contributed by atoms with Crippen molar-refractivity contribution in [3.8, 4) is 0 Å². The molecule has 0 aromatic heterocycles. The lowest BCUT2D eigenvalue weighted by atomic mass is 10.2. The molecule has 0 amide bonds. The van der Waals surface area contributed by atoms with Crippen molar-refractivity contribution < 1.29 is 17.7 Å². The monoisotopic (exact) mass is 270 g/mol. The van der Waals surface area contributed by atoms with Gasteiger partial charge in [-0.25, -0.2) is 0 Å². The Hall–Kier alpha value is -1.54. The van der Waals surface area contributed by atoms with Crippen LogP contribution in [0.15, 0.2) is 54.6 Å². The molecular formula is C13H10F3OP. The van der Waals surface area contributed by atoms with E-state index in [1.165, 1.54) is 12.1 Å². The Morgan fingerprint density at radius 2 is 1.28 bits per heavy atom. The van der Waals surface area contributed by atoms with Gasteiger partial charge in [-0.2, -0.15) is 13.2 Å². The second-order valence-electron chi connectivity index (χ2n) is 3.77. The smallest absolute Gasteiger partial charge is 0.317 e. The van der Waals surface area contributed by atoms with Gasteiger partial charge in [0.25, 0.3) is 0 Å². The number of benzene rings is 2. The van der Waals surface area contributed by atoms with Crippen molar-refractivity contribution in [2.75, 3.05) is 0 Å². The average Bonchev–Trinajstić information content (AvgIpc) is 2.38. The Kier molecular flexibility index (Phi) is 3.58. The van der Waals surface area contributed by atoms with Gasteiger partial charge in [0.05, 0.1) is 5.56 Å². The van der Waals surface area contributed by atoms with Crippen molar-refractivity contribution >= 4 is 18.4 Å². The summed E-state index contributed by atoms with van der Waals surface area (Å²) in [6, 6.07) is 13.2. The van der Waals surface area contributed by atoms with Crippen LogP contribution in [0.4, 0.5) is 13.2 Å². The fourth-order valence-electron chi connectivity index (χ4n) is 1.57. The van der Waals surface area contributed by atoms with Gasteiger partial charge in [-0.05, 0) is 12.1 Å². The average molecular weight is 270 g/mol. The van der Waals surface area contributed by atoms with E-state index in [1.807, 2.05) is 0 Å². The van der Waals surface area contributed by atoms with Crippen molar-refractivity contribution in [3.05, 3.63) is 60.2 Å². The molecule has 94 valence electrons. The molecule has 2 aromatic carbocycles. The van der Waals surface area contributed by atoms with Crippen LogP contribution in [0.5, 0.6) is 0 Å². The van der Waals surface area contributed by atoms with Gasteiger partial charge in [0.1, 0.15) is 7.80 Å². The Labute approximate surface area is 103 Å². The summed E-state index contributed by atoms with van der Waals surface area (Å²) in [7, 11) is -2.22. The minimum absolute atomic E-state index is 0.430. The molecule has 0 radical (unpaired) electrons. The molecule has 2 rings (SSSR count). The summed E-state index contributed by atoms with van der Waals surface area (Å²) in [6.07, 6.45) is -4.36. The number of halogens is 3. The SMILES string of the molecule is O=[PH](c1ccccc1)c1ccc(C(F)(F)F)cc1. The molecule has 0 bridgehead atoms. The summed E-state index contributed by atoms with van der Waals surface area (Å²) in [4.78, 5) is 0. The first-order valence-electron chi connectivity index (χ1n) is 5.25. The van der Waals surface area contributed by atoms with Gasteiger partial charge in [-0.15, -0.1) is 0 Å². The number of hydrogen-bond donors (Lipinski definition) is 0. The van der Waals surface area contributed by atoms with Crippen LogP contribution in [0, 0.1) is 0 Å². The number of rotatable bonds is 2. The van der Waals surface area contributed by atoms with E-state index in [0.717, 1.165) is 12.1 Å². The fourth-order valence-corrected chi connectivity index (χ4v) is 2.86. The summed E-state index contributed by atoms with van der Waals surface area (Å²) in [5.74, 6) is 0. The third-order valence-electron chi connectivity index (χ3n) is 2.51. The predicted molar refractivity (Wildman–Crippen MR) is 66.2 cm³/mol. The first-order chi connectivity index (χ1) is 8.48. The van der Waals surface area contributed by atoms with Crippen LogP contribution >= 0.6 is 7.80 Å². The molecule has 0 spiro atoms. The lowest BCUT2D eigenvalue weighted by molar-refractivity contribution is -0.137. The molecule has 1 unspecified atom stereocenters. The van der Waals surface area contributed by atoms with E-state index in [2.05, 4.69) is 0 Å². The summed E-state index contributed by atoms with van der Waals surface area (Å²) in [5, 5.41) is 1.07. The van der Waals surface area contributed by atoms with Crippen molar-refractivity contribution in [3.63, 3.8) is 0 Å². The van der Waals surface area contributed by atoms with Crippen molar-refractivity contribution in [2.24, 2.45) is 0 Å². The second-order valence-corrected chi connectivity index (χ2v) is 5.58. The summed E-state index contributed by atoms with van der Waals surface area (Å²) >= 11 is 0. The van der Waals surface area contributed by atoms with Crippen LogP contribution in [0.3, 0.4) is 0 Å². The van der Waals surface area contributed by atoms with Gasteiger partial charge >= 0.3 is 6.18 Å². The van der Waals surface area contributed by atoms with E-state index in [4.69, 9.17) is 0 Å². The maximum atomic E-state index is 12.4. The van der Waals surface area contributed by atoms with Crippen LogP contribution < -0.4 is 10.6 Å². The van der Waals surface area contributed by atoms with Gasteiger partial charge < -0.3 is 4.57 Å². The van der Waals surface area contributed by atoms with E-state index in [0.29, 0.717) is 10.6 Å². The molecule has 0 aliphatic rings. The van der Waals surface area contributed by atoms with Gasteiger partial charge in [0.15, 0.2) is 0 Å². The first kappa shape index (κ1) is 12.9. The minimum atomic E-state index is -4.36. The molecular weight excluding hydrogens is 260 g/mol. The predicted octanol–water partition coefficient (Wildman–Crippen LogP) is 3.22. The highest BCUT2D eigenvalue weighted by Gasteiger charge is 2.30. The van der Waals surface area contributed by atoms with Crippen LogP contribution in [0.1, 0.15) is 5.56 Å². The normalized spacial score (nSPS) is 13.3. The maximum Gasteiger partial charge on any atom is 0.416 e. The zero-order valence-electron chi connectivity index (χ0n) is 9.24. The highest BCUT2D eigenvalue weighted by molar-refractivity contribution is 7.61. The topological polar surface area (TPSA) is 17.1 Å². The third-order valence-corrected chi connectivity index (χ3v) is 4.23. The molecule has 18 heavy (non-hydrogen) atoms. The molecule has 2 aromatic rings. The Bertz CT molecular complexity index is 547. The number of hydrogen-bond acceptors (Lipinski definition) is 1. The van der Waals surface area contributed by atoms with Crippen LogP contribution in [-0.2, 0) is 10.7 Å². The van der Waals surface area contributed by atoms with Gasteiger partial charge in [-0.1, -0.05) is 42.5 Å². The minimum Gasteiger partial charge on any atom is -0.317 e. The Morgan fingerprint density at radius 3 is 1.78 bits per heavy atom. The summed E-state index contributed by atoms with van der Waals surface area (Å²) < 4.78 is 49.2. The highest BCUT2D eigenvalue weighted by Crippen LogP contribution is 2.29. The zero-order valence-corrected chi connectivity index (χ0v) is 10.2. The van der Waals surface area contributed by atoms with Crippen LogP contribution in [0.2, 0.25) is 0 Å². The molecule has 0 N–H and O–H groups in total. The zero-order chi connectivity index (χ0) is 13.2. The highest BCUT2D eigenvalue weighted by atomic mass is 31.1. The maximum absolute atomic E-state index is 12.4. The molecule has 1 nitrogen and oxygen atoms in total. The van der Waals surface area contributed by atoms with E-state index >= 15 is 0 Å². The molecule has 1 atom stereocenters. The van der Waals surface area contributed by atoms with Crippen molar-refractivity contribution in [1.29, 1.82) is 0 Å². The fraction of sp³-hybridized carbons (Fsp3) is 0.0769. The third kappa shape index (κ3) is 2.82. The lowest BCUT2D eigenvalue weighted by Gasteiger charge is -2.07. The lowest BCUT2D eigenvalue weighted by Crippen LogP contribution is -2.09. The van der Waals surface area contributed by atoms with Crippen LogP contribution in [0.25, 0.3) is 0 Å². The van der Waals surface area contributed by atoms with Gasteiger partial charge in [-0.3, -0.25) is 0 Å². The van der Waals surface area contributed by atoms with E-state index in [-0.39, 0.29) is 0 Å². The summed E-state index contributed by atoms with van der Waals surface area (Å²) in [6.45, 7) is 0. The summed E-state index contributed by atoms with van der Waals surface area (Å²) in [5.41, 5.74) is -0.728. The second kappa shape index (κ2) is 4.99. The Balaban J connectivity index is 2.28. The molecule has 0 saturated carbocycles. The van der Waals surface area contributed by atoms with Gasteiger partial charge in [0.2, 0.25) is 0 Å². The van der Waals surface area contributed by atoms with Gasteiger partial charge in [0, 0.05) is 10.6 Å². The standard InChI is InChI=1S/C13H10F3OP/c14-13(15,16)10-6-8-12(9-7-10)18(17)11-4-2-1-3-5-11/h1-9,18H. The van der Waals surface area contributed by atoms with Crippen molar-refractivity contribution in [2.45, 2.75) is 6.18 Å². The molecule has 0 heterocycles. The molecule has 0 aliphatic carbocycles. The largest absolute Gasteiger partial charge is 0.416 e. The van der Waals surface area contributed by atoms with E-state index in [9.17, 15) is 17.7 Å². The number of alkyl halides is 3. The van der Waals surface area contributed by atoms with E-state index in [1.54, 1.807) is 30.3 Å². The first-order valence-corrected chi connectivity index (χ1v) is 6.66. The van der Waals surface area contributed by atoms with Crippen molar-refractivity contribution in [1.82, 2.24) is 0 Å². The molecule has 0 aliphatic heterocycles. The van der Waals surface area contributed by atoms with Crippen LogP contribution in [-0.4, -0.2) is 0 Å². The molecule has 5 heteroatoms. The van der Waals surface area contributed by atoms with E-state index < -0.39 is 19.5 Å². The quantitative estimate of drug-likeness (QED) is 0.766.